The van der Waals surface area contributed by atoms with Crippen LogP contribution in [0.25, 0.3) is 0 Å². The lowest BCUT2D eigenvalue weighted by Crippen LogP contribution is -2.60. The van der Waals surface area contributed by atoms with Gasteiger partial charge in [0.25, 0.3) is 0 Å². The molecule has 0 amide bonds. The van der Waals surface area contributed by atoms with Crippen LogP contribution in [-0.2, 0) is 4.74 Å². The summed E-state index contributed by atoms with van der Waals surface area (Å²) >= 11 is 0. The van der Waals surface area contributed by atoms with Crippen molar-refractivity contribution in [1.29, 1.82) is 5.26 Å². The van der Waals surface area contributed by atoms with Crippen LogP contribution in [0.4, 0.5) is 5.69 Å². The molecule has 0 radical (unpaired) electrons. The van der Waals surface area contributed by atoms with E-state index in [1.807, 2.05) is 32.0 Å². The second kappa shape index (κ2) is 5.38. The smallest absolute Gasteiger partial charge is 0.0994 e. The van der Waals surface area contributed by atoms with Gasteiger partial charge in [-0.1, -0.05) is 0 Å². The fraction of sp³-hybridized carbons (Fsp3) is 0.500. The second-order valence-electron chi connectivity index (χ2n) is 4.70. The van der Waals surface area contributed by atoms with E-state index in [9.17, 15) is 0 Å². The van der Waals surface area contributed by atoms with Gasteiger partial charge < -0.3 is 15.8 Å². The number of hydrogen-bond acceptors (Lipinski definition) is 4. The molecule has 96 valence electrons. The Kier molecular flexibility index (Phi) is 3.85. The SMILES string of the molecule is CCOC1CC(N)C1Nc1ccc(C#N)c(C)c1. The maximum absolute atomic E-state index is 8.89. The average molecular weight is 245 g/mol. The van der Waals surface area contributed by atoms with E-state index in [2.05, 4.69) is 11.4 Å². The van der Waals surface area contributed by atoms with Gasteiger partial charge in [0, 0.05) is 18.3 Å². The minimum absolute atomic E-state index is 0.137. The molecule has 0 heterocycles. The number of nitrogens with two attached hydrogens (primary N) is 1. The quantitative estimate of drug-likeness (QED) is 0.848. The summed E-state index contributed by atoms with van der Waals surface area (Å²) in [6.45, 7) is 4.64. The summed E-state index contributed by atoms with van der Waals surface area (Å²) in [7, 11) is 0. The summed E-state index contributed by atoms with van der Waals surface area (Å²) in [4.78, 5) is 0. The number of ether oxygens (including phenoxy) is 1. The first kappa shape index (κ1) is 12.9. The molecule has 1 aromatic rings. The number of anilines is 1. The molecule has 3 atom stereocenters. The molecule has 2 rings (SSSR count). The van der Waals surface area contributed by atoms with Crippen LogP contribution in [0.5, 0.6) is 0 Å². The molecule has 4 heteroatoms. The summed E-state index contributed by atoms with van der Waals surface area (Å²) in [6, 6.07) is 8.19. The van der Waals surface area contributed by atoms with Gasteiger partial charge in [0.1, 0.15) is 0 Å². The standard InChI is InChI=1S/C14H19N3O/c1-3-18-13-7-12(16)14(13)17-11-5-4-10(8-15)9(2)6-11/h4-6,12-14,17H,3,7,16H2,1-2H3. The Morgan fingerprint density at radius 1 is 1.56 bits per heavy atom. The van der Waals surface area contributed by atoms with Crippen molar-refractivity contribution in [2.75, 3.05) is 11.9 Å². The highest BCUT2D eigenvalue weighted by atomic mass is 16.5. The highest BCUT2D eigenvalue weighted by molar-refractivity contribution is 5.52. The number of rotatable bonds is 4. The molecule has 1 aromatic carbocycles. The van der Waals surface area contributed by atoms with Crippen LogP contribution in [0.2, 0.25) is 0 Å². The van der Waals surface area contributed by atoms with E-state index in [0.29, 0.717) is 12.2 Å². The molecular formula is C14H19N3O. The first-order valence-corrected chi connectivity index (χ1v) is 6.30. The van der Waals surface area contributed by atoms with Gasteiger partial charge in [-0.2, -0.15) is 5.26 Å². The van der Waals surface area contributed by atoms with Crippen molar-refractivity contribution >= 4 is 5.69 Å². The molecule has 0 spiro atoms. The largest absolute Gasteiger partial charge is 0.378 e. The average Bonchev–Trinajstić information content (AvgIpc) is 2.36. The minimum Gasteiger partial charge on any atom is -0.378 e. The number of aryl methyl sites for hydroxylation is 1. The second-order valence-corrected chi connectivity index (χ2v) is 4.70. The van der Waals surface area contributed by atoms with Crippen molar-refractivity contribution in [3.63, 3.8) is 0 Å². The first-order chi connectivity index (χ1) is 8.65. The molecule has 1 aliphatic carbocycles. The minimum atomic E-state index is 0.137. The maximum Gasteiger partial charge on any atom is 0.0994 e. The molecule has 1 fully saturated rings. The number of hydrogen-bond donors (Lipinski definition) is 2. The van der Waals surface area contributed by atoms with Crippen molar-refractivity contribution in [2.24, 2.45) is 5.73 Å². The zero-order valence-corrected chi connectivity index (χ0v) is 10.8. The van der Waals surface area contributed by atoms with Gasteiger partial charge in [0.2, 0.25) is 0 Å². The predicted octanol–water partition coefficient (Wildman–Crippen LogP) is 1.78. The van der Waals surface area contributed by atoms with E-state index in [0.717, 1.165) is 17.7 Å². The number of nitrogens with zero attached hydrogens (tertiary/aromatic N) is 1. The topological polar surface area (TPSA) is 71.1 Å². The lowest BCUT2D eigenvalue weighted by molar-refractivity contribution is -0.0126. The van der Waals surface area contributed by atoms with Gasteiger partial charge in [0.05, 0.1) is 23.8 Å². The monoisotopic (exact) mass is 245 g/mol. The summed E-state index contributed by atoms with van der Waals surface area (Å²) < 4.78 is 5.61. The van der Waals surface area contributed by atoms with Crippen molar-refractivity contribution in [3.8, 4) is 6.07 Å². The molecule has 1 saturated carbocycles. The van der Waals surface area contributed by atoms with Crippen molar-refractivity contribution in [2.45, 2.75) is 38.5 Å². The molecule has 18 heavy (non-hydrogen) atoms. The number of nitrogens with one attached hydrogen (secondary N) is 1. The lowest BCUT2D eigenvalue weighted by atomic mass is 9.83. The van der Waals surface area contributed by atoms with E-state index in [1.54, 1.807) is 0 Å². The number of benzene rings is 1. The van der Waals surface area contributed by atoms with Crippen molar-refractivity contribution < 1.29 is 4.74 Å². The van der Waals surface area contributed by atoms with Crippen LogP contribution in [-0.4, -0.2) is 24.8 Å². The third-order valence-corrected chi connectivity index (χ3v) is 3.43. The molecule has 0 aliphatic heterocycles. The summed E-state index contributed by atoms with van der Waals surface area (Å²) in [5.41, 5.74) is 8.67. The van der Waals surface area contributed by atoms with Gasteiger partial charge in [-0.05, 0) is 44.0 Å². The van der Waals surface area contributed by atoms with Crippen LogP contribution < -0.4 is 11.1 Å². The highest BCUT2D eigenvalue weighted by Gasteiger charge is 2.39. The van der Waals surface area contributed by atoms with E-state index >= 15 is 0 Å². The Balaban J connectivity index is 2.05. The molecule has 0 saturated heterocycles. The maximum atomic E-state index is 8.89. The highest BCUT2D eigenvalue weighted by Crippen LogP contribution is 2.27. The Morgan fingerprint density at radius 2 is 2.33 bits per heavy atom. The molecule has 4 nitrogen and oxygen atoms in total. The zero-order chi connectivity index (χ0) is 13.1. The molecule has 1 aliphatic rings. The Hall–Kier alpha value is -1.57. The number of nitriles is 1. The van der Waals surface area contributed by atoms with Crippen LogP contribution in [0, 0.1) is 18.3 Å². The molecule has 3 unspecified atom stereocenters. The Labute approximate surface area is 108 Å². The molecular weight excluding hydrogens is 226 g/mol. The van der Waals surface area contributed by atoms with Gasteiger partial charge >= 0.3 is 0 Å². The van der Waals surface area contributed by atoms with E-state index in [-0.39, 0.29) is 18.2 Å². The van der Waals surface area contributed by atoms with Crippen LogP contribution in [0.1, 0.15) is 24.5 Å². The summed E-state index contributed by atoms with van der Waals surface area (Å²) in [6.07, 6.45) is 1.10. The molecule has 0 bridgehead atoms. The summed E-state index contributed by atoms with van der Waals surface area (Å²) in [5.74, 6) is 0. The van der Waals surface area contributed by atoms with Gasteiger partial charge in [-0.15, -0.1) is 0 Å². The van der Waals surface area contributed by atoms with Gasteiger partial charge in [-0.25, -0.2) is 0 Å². The van der Waals surface area contributed by atoms with Gasteiger partial charge in [0.15, 0.2) is 0 Å². The summed E-state index contributed by atoms with van der Waals surface area (Å²) in [5, 5.41) is 12.3. The van der Waals surface area contributed by atoms with E-state index in [4.69, 9.17) is 15.7 Å². The Morgan fingerprint density at radius 3 is 2.89 bits per heavy atom. The fourth-order valence-corrected chi connectivity index (χ4v) is 2.30. The normalized spacial score (nSPS) is 26.2. The fourth-order valence-electron chi connectivity index (χ4n) is 2.30. The first-order valence-electron chi connectivity index (χ1n) is 6.30. The lowest BCUT2D eigenvalue weighted by Gasteiger charge is -2.43. The third-order valence-electron chi connectivity index (χ3n) is 3.43. The Bertz CT molecular complexity index is 465. The van der Waals surface area contributed by atoms with E-state index in [1.165, 1.54) is 0 Å². The molecule has 3 N–H and O–H groups in total. The van der Waals surface area contributed by atoms with E-state index < -0.39 is 0 Å². The van der Waals surface area contributed by atoms with Crippen LogP contribution in [0.15, 0.2) is 18.2 Å². The molecule has 0 aromatic heterocycles. The zero-order valence-electron chi connectivity index (χ0n) is 10.8. The van der Waals surface area contributed by atoms with Crippen LogP contribution in [0.3, 0.4) is 0 Å². The van der Waals surface area contributed by atoms with Crippen molar-refractivity contribution in [3.05, 3.63) is 29.3 Å². The predicted molar refractivity (Wildman–Crippen MR) is 71.3 cm³/mol. The van der Waals surface area contributed by atoms with Crippen LogP contribution >= 0.6 is 0 Å². The van der Waals surface area contributed by atoms with Crippen molar-refractivity contribution in [1.82, 2.24) is 0 Å². The van der Waals surface area contributed by atoms with Gasteiger partial charge in [-0.3, -0.25) is 0 Å². The third kappa shape index (κ3) is 2.47.